The zero-order chi connectivity index (χ0) is 15.0. The lowest BCUT2D eigenvalue weighted by Gasteiger charge is -2.23. The summed E-state index contributed by atoms with van der Waals surface area (Å²) in [5, 5.41) is 2.70. The molecule has 20 heavy (non-hydrogen) atoms. The fraction of sp³-hybridized carbons (Fsp3) is 0.533. The Bertz CT molecular complexity index is 401. The standard InChI is InChI=1S/C15H24N2O3/c1-15(2,3)20-14(18)17-13(9-16)11-19-10-12-7-5-4-6-8-12/h4-8,13H,9-11,16H2,1-3H3,(H,17,18)/t13-/m1/s1. The molecule has 5 heteroatoms. The predicted molar refractivity (Wildman–Crippen MR) is 78.3 cm³/mol. The zero-order valence-corrected chi connectivity index (χ0v) is 12.4. The van der Waals surface area contributed by atoms with E-state index in [0.29, 0.717) is 19.8 Å². The highest BCUT2D eigenvalue weighted by Crippen LogP contribution is 2.07. The number of hydrogen-bond acceptors (Lipinski definition) is 4. The van der Waals surface area contributed by atoms with Crippen molar-refractivity contribution in [1.82, 2.24) is 5.32 Å². The third-order valence-electron chi connectivity index (χ3n) is 2.44. The Morgan fingerprint density at radius 2 is 1.95 bits per heavy atom. The van der Waals surface area contributed by atoms with Crippen molar-refractivity contribution < 1.29 is 14.3 Å². The van der Waals surface area contributed by atoms with Crippen LogP contribution in [0.5, 0.6) is 0 Å². The van der Waals surface area contributed by atoms with Gasteiger partial charge in [-0.1, -0.05) is 30.3 Å². The fourth-order valence-corrected chi connectivity index (χ4v) is 1.54. The molecule has 0 fully saturated rings. The second-order valence-corrected chi connectivity index (χ2v) is 5.58. The molecule has 0 saturated carbocycles. The Hall–Kier alpha value is -1.59. The van der Waals surface area contributed by atoms with Gasteiger partial charge in [0.25, 0.3) is 0 Å². The maximum atomic E-state index is 11.6. The summed E-state index contributed by atoms with van der Waals surface area (Å²) >= 11 is 0. The van der Waals surface area contributed by atoms with Crippen molar-refractivity contribution in [1.29, 1.82) is 0 Å². The van der Waals surface area contributed by atoms with Gasteiger partial charge in [0.1, 0.15) is 5.60 Å². The first-order chi connectivity index (χ1) is 9.40. The second-order valence-electron chi connectivity index (χ2n) is 5.58. The van der Waals surface area contributed by atoms with Gasteiger partial charge in [0, 0.05) is 6.54 Å². The average Bonchev–Trinajstić information content (AvgIpc) is 2.36. The highest BCUT2D eigenvalue weighted by Gasteiger charge is 2.18. The number of ether oxygens (including phenoxy) is 2. The summed E-state index contributed by atoms with van der Waals surface area (Å²) in [6.07, 6.45) is -0.476. The number of nitrogens with one attached hydrogen (secondary N) is 1. The van der Waals surface area contributed by atoms with Crippen LogP contribution in [0.3, 0.4) is 0 Å². The Morgan fingerprint density at radius 1 is 1.30 bits per heavy atom. The van der Waals surface area contributed by atoms with Crippen LogP contribution in [0.15, 0.2) is 30.3 Å². The third kappa shape index (κ3) is 7.11. The minimum absolute atomic E-state index is 0.256. The first-order valence-corrected chi connectivity index (χ1v) is 6.72. The number of alkyl carbamates (subject to hydrolysis) is 1. The lowest BCUT2D eigenvalue weighted by molar-refractivity contribution is 0.0435. The van der Waals surface area contributed by atoms with E-state index in [2.05, 4.69) is 5.32 Å². The maximum absolute atomic E-state index is 11.6. The van der Waals surface area contributed by atoms with Crippen molar-refractivity contribution in [2.75, 3.05) is 13.2 Å². The molecule has 1 aromatic rings. The van der Waals surface area contributed by atoms with E-state index >= 15 is 0 Å². The van der Waals surface area contributed by atoms with Crippen molar-refractivity contribution in [2.45, 2.75) is 39.0 Å². The largest absolute Gasteiger partial charge is 0.444 e. The topological polar surface area (TPSA) is 73.6 Å². The lowest BCUT2D eigenvalue weighted by Crippen LogP contribution is -2.45. The molecule has 3 N–H and O–H groups in total. The van der Waals surface area contributed by atoms with Gasteiger partial charge in [0.15, 0.2) is 0 Å². The monoisotopic (exact) mass is 280 g/mol. The van der Waals surface area contributed by atoms with Crippen LogP contribution in [0, 0.1) is 0 Å². The summed E-state index contributed by atoms with van der Waals surface area (Å²) in [6, 6.07) is 9.58. The normalized spacial score (nSPS) is 12.8. The molecular formula is C15H24N2O3. The molecule has 112 valence electrons. The van der Waals surface area contributed by atoms with E-state index in [-0.39, 0.29) is 6.04 Å². The van der Waals surface area contributed by atoms with Crippen LogP contribution in [0.4, 0.5) is 4.79 Å². The minimum atomic E-state index is -0.520. The van der Waals surface area contributed by atoms with Gasteiger partial charge in [0.2, 0.25) is 0 Å². The Kier molecular flexibility index (Phi) is 6.48. The summed E-state index contributed by atoms with van der Waals surface area (Å²) < 4.78 is 10.7. The molecule has 0 aromatic heterocycles. The molecule has 0 bridgehead atoms. The molecule has 0 aliphatic rings. The molecular weight excluding hydrogens is 256 g/mol. The molecule has 0 heterocycles. The van der Waals surface area contributed by atoms with Crippen LogP contribution in [0.2, 0.25) is 0 Å². The van der Waals surface area contributed by atoms with Crippen LogP contribution in [-0.2, 0) is 16.1 Å². The van der Waals surface area contributed by atoms with Gasteiger partial charge < -0.3 is 20.5 Å². The van der Waals surface area contributed by atoms with Gasteiger partial charge in [-0.05, 0) is 26.3 Å². The van der Waals surface area contributed by atoms with E-state index in [1.807, 2.05) is 51.1 Å². The third-order valence-corrected chi connectivity index (χ3v) is 2.44. The molecule has 0 radical (unpaired) electrons. The van der Waals surface area contributed by atoms with Crippen molar-refractivity contribution in [2.24, 2.45) is 5.73 Å². The van der Waals surface area contributed by atoms with Crippen LogP contribution >= 0.6 is 0 Å². The Labute approximate surface area is 120 Å². The van der Waals surface area contributed by atoms with E-state index in [9.17, 15) is 4.79 Å². The van der Waals surface area contributed by atoms with Crippen LogP contribution in [0.1, 0.15) is 26.3 Å². The molecule has 5 nitrogen and oxygen atoms in total. The molecule has 1 amide bonds. The summed E-state index contributed by atoms with van der Waals surface area (Å²) in [7, 11) is 0. The number of hydrogen-bond donors (Lipinski definition) is 2. The SMILES string of the molecule is CC(C)(C)OC(=O)N[C@H](CN)COCc1ccccc1. The summed E-state index contributed by atoms with van der Waals surface area (Å²) in [5.41, 5.74) is 6.18. The number of nitrogens with two attached hydrogens (primary N) is 1. The summed E-state index contributed by atoms with van der Waals surface area (Å²) in [5.74, 6) is 0. The first kappa shape index (κ1) is 16.5. The summed E-state index contributed by atoms with van der Waals surface area (Å²) in [6.45, 7) is 6.59. The van der Waals surface area contributed by atoms with Gasteiger partial charge >= 0.3 is 6.09 Å². The fourth-order valence-electron chi connectivity index (χ4n) is 1.54. The number of carbonyl (C=O) groups is 1. The van der Waals surface area contributed by atoms with Crippen LogP contribution < -0.4 is 11.1 Å². The molecule has 1 aromatic carbocycles. The molecule has 1 atom stereocenters. The molecule has 0 aliphatic carbocycles. The Morgan fingerprint density at radius 3 is 2.50 bits per heavy atom. The van der Waals surface area contributed by atoms with E-state index in [4.69, 9.17) is 15.2 Å². The minimum Gasteiger partial charge on any atom is -0.444 e. The van der Waals surface area contributed by atoms with E-state index in [0.717, 1.165) is 5.56 Å². The van der Waals surface area contributed by atoms with Gasteiger partial charge in [-0.3, -0.25) is 0 Å². The lowest BCUT2D eigenvalue weighted by atomic mass is 10.2. The zero-order valence-electron chi connectivity index (χ0n) is 12.4. The van der Waals surface area contributed by atoms with E-state index < -0.39 is 11.7 Å². The molecule has 0 saturated heterocycles. The first-order valence-electron chi connectivity index (χ1n) is 6.72. The van der Waals surface area contributed by atoms with Gasteiger partial charge in [0.05, 0.1) is 19.3 Å². The van der Waals surface area contributed by atoms with Crippen molar-refractivity contribution in [3.8, 4) is 0 Å². The molecule has 1 rings (SSSR count). The number of benzene rings is 1. The van der Waals surface area contributed by atoms with Gasteiger partial charge in [-0.25, -0.2) is 4.79 Å². The van der Waals surface area contributed by atoms with Crippen LogP contribution in [0.25, 0.3) is 0 Å². The van der Waals surface area contributed by atoms with Gasteiger partial charge in [-0.15, -0.1) is 0 Å². The van der Waals surface area contributed by atoms with Crippen molar-refractivity contribution in [3.63, 3.8) is 0 Å². The number of rotatable bonds is 6. The van der Waals surface area contributed by atoms with Crippen molar-refractivity contribution in [3.05, 3.63) is 35.9 Å². The number of carbonyl (C=O) groups excluding carboxylic acids is 1. The average molecular weight is 280 g/mol. The van der Waals surface area contributed by atoms with Gasteiger partial charge in [-0.2, -0.15) is 0 Å². The molecule has 0 spiro atoms. The molecule has 0 unspecified atom stereocenters. The maximum Gasteiger partial charge on any atom is 0.407 e. The quantitative estimate of drug-likeness (QED) is 0.836. The molecule has 0 aliphatic heterocycles. The second kappa shape index (κ2) is 7.87. The predicted octanol–water partition coefficient (Wildman–Crippen LogP) is 2.06. The van der Waals surface area contributed by atoms with Crippen molar-refractivity contribution >= 4 is 6.09 Å². The number of amides is 1. The van der Waals surface area contributed by atoms with E-state index in [1.165, 1.54) is 0 Å². The highest BCUT2D eigenvalue weighted by molar-refractivity contribution is 5.68. The smallest absolute Gasteiger partial charge is 0.407 e. The van der Waals surface area contributed by atoms with E-state index in [1.54, 1.807) is 0 Å². The highest BCUT2D eigenvalue weighted by atomic mass is 16.6. The summed E-state index contributed by atoms with van der Waals surface area (Å²) in [4.78, 5) is 11.6. The Balaban J connectivity index is 2.31. The van der Waals surface area contributed by atoms with Crippen LogP contribution in [-0.4, -0.2) is 30.9 Å².